The van der Waals surface area contributed by atoms with E-state index < -0.39 is 0 Å². The van der Waals surface area contributed by atoms with Gasteiger partial charge < -0.3 is 10.0 Å². The number of rotatable bonds is 3. The zero-order chi connectivity index (χ0) is 14.0. The molecule has 1 aromatic rings. The van der Waals surface area contributed by atoms with Crippen molar-refractivity contribution in [2.24, 2.45) is 5.92 Å². The summed E-state index contributed by atoms with van der Waals surface area (Å²) in [6, 6.07) is 4.47. The Morgan fingerprint density at radius 3 is 2.32 bits per heavy atom. The molecule has 1 aliphatic rings. The van der Waals surface area contributed by atoms with Gasteiger partial charge in [0.1, 0.15) is 0 Å². The van der Waals surface area contributed by atoms with Crippen LogP contribution in [0.15, 0.2) is 12.1 Å². The van der Waals surface area contributed by atoms with Crippen molar-refractivity contribution >= 4 is 5.69 Å². The molecule has 1 aliphatic carbocycles. The van der Waals surface area contributed by atoms with Gasteiger partial charge in [0.15, 0.2) is 0 Å². The third kappa shape index (κ3) is 3.30. The molecule has 0 saturated heterocycles. The van der Waals surface area contributed by atoms with E-state index in [9.17, 15) is 5.11 Å². The molecule has 0 radical (unpaired) electrons. The Morgan fingerprint density at radius 1 is 1.05 bits per heavy atom. The van der Waals surface area contributed by atoms with E-state index in [1.165, 1.54) is 22.4 Å². The van der Waals surface area contributed by atoms with Crippen LogP contribution in [0.4, 0.5) is 5.69 Å². The van der Waals surface area contributed by atoms with Gasteiger partial charge in [-0.05, 0) is 75.1 Å². The molecule has 0 aliphatic heterocycles. The Labute approximate surface area is 117 Å². The van der Waals surface area contributed by atoms with Crippen molar-refractivity contribution in [1.29, 1.82) is 0 Å². The number of aliphatic hydroxyl groups excluding tert-OH is 1. The summed E-state index contributed by atoms with van der Waals surface area (Å²) in [7, 11) is 2.20. The van der Waals surface area contributed by atoms with E-state index in [1.807, 2.05) is 0 Å². The summed E-state index contributed by atoms with van der Waals surface area (Å²) < 4.78 is 0. The summed E-state index contributed by atoms with van der Waals surface area (Å²) in [6.45, 7) is 7.71. The average molecular weight is 261 g/mol. The van der Waals surface area contributed by atoms with Gasteiger partial charge in [-0.1, -0.05) is 6.07 Å². The van der Waals surface area contributed by atoms with Gasteiger partial charge >= 0.3 is 0 Å². The Hall–Kier alpha value is -1.02. The van der Waals surface area contributed by atoms with Crippen LogP contribution in [-0.4, -0.2) is 24.8 Å². The fourth-order valence-corrected chi connectivity index (χ4v) is 3.17. The molecule has 1 N–H and O–H groups in total. The van der Waals surface area contributed by atoms with Crippen LogP contribution >= 0.6 is 0 Å². The summed E-state index contributed by atoms with van der Waals surface area (Å²) in [5.41, 5.74) is 5.53. The molecule has 0 aromatic heterocycles. The van der Waals surface area contributed by atoms with Crippen molar-refractivity contribution in [3.63, 3.8) is 0 Å². The van der Waals surface area contributed by atoms with Crippen LogP contribution in [0.5, 0.6) is 0 Å². The van der Waals surface area contributed by atoms with Crippen LogP contribution in [0.1, 0.15) is 42.4 Å². The quantitative estimate of drug-likeness (QED) is 0.898. The number of anilines is 1. The van der Waals surface area contributed by atoms with Gasteiger partial charge in [0, 0.05) is 19.3 Å². The first-order chi connectivity index (χ1) is 8.99. The fraction of sp³-hybridized carbons (Fsp3) is 0.647. The summed E-state index contributed by atoms with van der Waals surface area (Å²) in [6.07, 6.45) is 4.23. The molecule has 106 valence electrons. The maximum Gasteiger partial charge on any atom is 0.0540 e. The van der Waals surface area contributed by atoms with E-state index in [1.54, 1.807) is 0 Å². The first-order valence-corrected chi connectivity index (χ1v) is 7.45. The Kier molecular flexibility index (Phi) is 4.51. The molecule has 2 nitrogen and oxygen atoms in total. The molecule has 0 spiro atoms. The first-order valence-electron chi connectivity index (χ1n) is 7.45. The van der Waals surface area contributed by atoms with E-state index in [-0.39, 0.29) is 6.10 Å². The van der Waals surface area contributed by atoms with Crippen LogP contribution in [0.3, 0.4) is 0 Å². The largest absolute Gasteiger partial charge is 0.393 e. The molecule has 0 amide bonds. The smallest absolute Gasteiger partial charge is 0.0540 e. The fourth-order valence-electron chi connectivity index (χ4n) is 3.17. The topological polar surface area (TPSA) is 23.5 Å². The molecule has 2 heteroatoms. The van der Waals surface area contributed by atoms with Crippen molar-refractivity contribution in [1.82, 2.24) is 0 Å². The van der Waals surface area contributed by atoms with Crippen LogP contribution < -0.4 is 4.90 Å². The zero-order valence-electron chi connectivity index (χ0n) is 12.7. The number of nitrogens with zero attached hydrogens (tertiary/aromatic N) is 1. The molecule has 0 unspecified atom stereocenters. The van der Waals surface area contributed by atoms with Crippen LogP contribution in [0, 0.1) is 26.7 Å². The van der Waals surface area contributed by atoms with E-state index in [0.717, 1.165) is 38.1 Å². The number of hydrogen-bond donors (Lipinski definition) is 1. The standard InChI is InChI=1S/C17H27NO/c1-12-5-10-17(14(3)13(12)2)18(4)11-15-6-8-16(19)9-7-15/h5,10,15-16,19H,6-9,11H2,1-4H3. The predicted octanol–water partition coefficient (Wildman–Crippen LogP) is 3.60. The number of benzene rings is 1. The Balaban J connectivity index is 2.04. The van der Waals surface area contributed by atoms with Gasteiger partial charge in [0.25, 0.3) is 0 Å². The van der Waals surface area contributed by atoms with Crippen LogP contribution in [0.2, 0.25) is 0 Å². The lowest BCUT2D eigenvalue weighted by atomic mass is 9.87. The number of hydrogen-bond acceptors (Lipinski definition) is 2. The Bertz CT molecular complexity index is 433. The Morgan fingerprint density at radius 2 is 1.68 bits per heavy atom. The second kappa shape index (κ2) is 5.96. The van der Waals surface area contributed by atoms with E-state index in [0.29, 0.717) is 0 Å². The van der Waals surface area contributed by atoms with Crippen molar-refractivity contribution < 1.29 is 5.11 Å². The molecular formula is C17H27NO. The molecule has 19 heavy (non-hydrogen) atoms. The average Bonchev–Trinajstić information content (AvgIpc) is 2.39. The van der Waals surface area contributed by atoms with E-state index in [2.05, 4.69) is 44.9 Å². The molecule has 0 heterocycles. The molecule has 1 saturated carbocycles. The number of aliphatic hydroxyl groups is 1. The van der Waals surface area contributed by atoms with Crippen molar-refractivity contribution in [2.75, 3.05) is 18.5 Å². The highest BCUT2D eigenvalue weighted by Crippen LogP contribution is 2.29. The highest BCUT2D eigenvalue weighted by Gasteiger charge is 2.21. The molecule has 1 aromatic carbocycles. The van der Waals surface area contributed by atoms with Gasteiger partial charge in [0.2, 0.25) is 0 Å². The second-order valence-corrected chi connectivity index (χ2v) is 6.21. The van der Waals surface area contributed by atoms with Crippen LogP contribution in [-0.2, 0) is 0 Å². The SMILES string of the molecule is Cc1ccc(N(C)CC2CCC(O)CC2)c(C)c1C. The normalized spacial score (nSPS) is 23.4. The van der Waals surface area contributed by atoms with Gasteiger partial charge in [-0.3, -0.25) is 0 Å². The minimum absolute atomic E-state index is 0.0510. The summed E-state index contributed by atoms with van der Waals surface area (Å²) in [5.74, 6) is 0.731. The van der Waals surface area contributed by atoms with Gasteiger partial charge in [-0.2, -0.15) is 0 Å². The van der Waals surface area contributed by atoms with E-state index >= 15 is 0 Å². The minimum Gasteiger partial charge on any atom is -0.393 e. The summed E-state index contributed by atoms with van der Waals surface area (Å²) in [4.78, 5) is 2.39. The van der Waals surface area contributed by atoms with Gasteiger partial charge in [0.05, 0.1) is 6.10 Å². The number of aryl methyl sites for hydroxylation is 1. The summed E-state index contributed by atoms with van der Waals surface area (Å²) >= 11 is 0. The predicted molar refractivity (Wildman–Crippen MR) is 81.9 cm³/mol. The van der Waals surface area contributed by atoms with Gasteiger partial charge in [-0.25, -0.2) is 0 Å². The summed E-state index contributed by atoms with van der Waals surface area (Å²) in [5, 5.41) is 9.58. The lowest BCUT2D eigenvalue weighted by Gasteiger charge is -2.31. The van der Waals surface area contributed by atoms with E-state index in [4.69, 9.17) is 0 Å². The molecule has 0 atom stereocenters. The van der Waals surface area contributed by atoms with Gasteiger partial charge in [-0.15, -0.1) is 0 Å². The molecule has 0 bridgehead atoms. The molecular weight excluding hydrogens is 234 g/mol. The van der Waals surface area contributed by atoms with Crippen molar-refractivity contribution in [3.05, 3.63) is 28.8 Å². The van der Waals surface area contributed by atoms with Crippen LogP contribution in [0.25, 0.3) is 0 Å². The maximum atomic E-state index is 9.58. The van der Waals surface area contributed by atoms with Crippen molar-refractivity contribution in [2.45, 2.75) is 52.6 Å². The van der Waals surface area contributed by atoms with Crippen molar-refractivity contribution in [3.8, 4) is 0 Å². The third-order valence-electron chi connectivity index (χ3n) is 4.79. The lowest BCUT2D eigenvalue weighted by Crippen LogP contribution is -2.30. The zero-order valence-corrected chi connectivity index (χ0v) is 12.7. The maximum absolute atomic E-state index is 9.58. The monoisotopic (exact) mass is 261 g/mol. The highest BCUT2D eigenvalue weighted by molar-refractivity contribution is 5.57. The lowest BCUT2D eigenvalue weighted by molar-refractivity contribution is 0.110. The second-order valence-electron chi connectivity index (χ2n) is 6.21. The first kappa shape index (κ1) is 14.4. The molecule has 2 rings (SSSR count). The third-order valence-corrected chi connectivity index (χ3v) is 4.79. The minimum atomic E-state index is -0.0510. The molecule has 1 fully saturated rings. The highest BCUT2D eigenvalue weighted by atomic mass is 16.3.